The molecule has 252 valence electrons. The third-order valence-corrected chi connectivity index (χ3v) is 8.31. The van der Waals surface area contributed by atoms with Crippen molar-refractivity contribution < 1.29 is 19.5 Å². The van der Waals surface area contributed by atoms with Crippen molar-refractivity contribution in [3.05, 3.63) is 136 Å². The first-order valence-electron chi connectivity index (χ1n) is 15.8. The Hall–Kier alpha value is -5.33. The number of piperazine rings is 1. The van der Waals surface area contributed by atoms with E-state index in [9.17, 15) is 19.5 Å². The van der Waals surface area contributed by atoms with Gasteiger partial charge in [-0.2, -0.15) is 0 Å². The van der Waals surface area contributed by atoms with Gasteiger partial charge in [0.25, 0.3) is 11.8 Å². The molecule has 1 fully saturated rings. The van der Waals surface area contributed by atoms with E-state index < -0.39 is 5.97 Å². The van der Waals surface area contributed by atoms with Crippen molar-refractivity contribution in [1.29, 1.82) is 0 Å². The first kappa shape index (κ1) is 35.0. The molecule has 2 amide bonds. The molecule has 0 saturated carbocycles. The highest BCUT2D eigenvalue weighted by Crippen LogP contribution is 2.32. The second-order valence-electron chi connectivity index (χ2n) is 11.0. The number of rotatable bonds is 5. The number of hydrogen-bond acceptors (Lipinski definition) is 7. The number of benzene rings is 3. The van der Waals surface area contributed by atoms with Crippen molar-refractivity contribution in [2.24, 2.45) is 5.73 Å². The largest absolute Gasteiger partial charge is 0.477 e. The van der Waals surface area contributed by atoms with Gasteiger partial charge in [0.05, 0.1) is 29.4 Å². The van der Waals surface area contributed by atoms with Gasteiger partial charge < -0.3 is 36.3 Å². The van der Waals surface area contributed by atoms with Crippen LogP contribution in [0.25, 0.3) is 11.3 Å². The van der Waals surface area contributed by atoms with Gasteiger partial charge in [-0.1, -0.05) is 54.1 Å². The topological polar surface area (TPSA) is 155 Å². The molecule has 7 rings (SSSR count). The third-order valence-electron chi connectivity index (χ3n) is 7.99. The quantitative estimate of drug-likeness (QED) is 0.172. The van der Waals surface area contributed by atoms with Gasteiger partial charge in [0.1, 0.15) is 5.69 Å². The highest BCUT2D eigenvalue weighted by molar-refractivity contribution is 6.35. The van der Waals surface area contributed by atoms with Crippen LogP contribution in [0, 0.1) is 0 Å². The Bertz CT molecular complexity index is 1910. The summed E-state index contributed by atoms with van der Waals surface area (Å²) in [7, 11) is 1.50. The minimum atomic E-state index is -1.03. The molecule has 3 aromatic carbocycles. The number of carbonyl (C=O) groups excluding carboxylic acids is 2. The zero-order chi connectivity index (χ0) is 34.8. The number of pyridine rings is 1. The number of hydrogen-bond donors (Lipinski definition) is 5. The van der Waals surface area contributed by atoms with E-state index in [1.165, 1.54) is 7.05 Å². The fourth-order valence-electron chi connectivity index (χ4n) is 5.67. The molecular formula is C37H38ClN7O4. The maximum absolute atomic E-state index is 13.9. The average molecular weight is 680 g/mol. The summed E-state index contributed by atoms with van der Waals surface area (Å²) in [5.74, 6) is -1.71. The monoisotopic (exact) mass is 679 g/mol. The molecule has 0 atom stereocenters. The predicted molar refractivity (Wildman–Crippen MR) is 192 cm³/mol. The lowest BCUT2D eigenvalue weighted by Gasteiger charge is -2.23. The highest BCUT2D eigenvalue weighted by Gasteiger charge is 2.28. The van der Waals surface area contributed by atoms with E-state index in [0.29, 0.717) is 40.4 Å². The van der Waals surface area contributed by atoms with E-state index in [2.05, 4.69) is 26.7 Å². The van der Waals surface area contributed by atoms with E-state index in [1.807, 2.05) is 54.6 Å². The number of carbonyl (C=O) groups is 3. The van der Waals surface area contributed by atoms with Crippen LogP contribution in [0.5, 0.6) is 0 Å². The van der Waals surface area contributed by atoms with Crippen LogP contribution in [0.3, 0.4) is 0 Å². The number of carboxylic acids is 1. The summed E-state index contributed by atoms with van der Waals surface area (Å²) >= 11 is 6.62. The molecule has 49 heavy (non-hydrogen) atoms. The number of nitrogens with two attached hydrogens (primary N) is 1. The molecule has 4 heterocycles. The molecule has 5 aromatic rings. The lowest BCUT2D eigenvalue weighted by Crippen LogP contribution is -2.39. The number of carboxylic acid groups (broad SMARTS) is 1. The second kappa shape index (κ2) is 16.7. The highest BCUT2D eigenvalue weighted by atomic mass is 35.5. The van der Waals surface area contributed by atoms with Crippen molar-refractivity contribution in [3.63, 3.8) is 0 Å². The van der Waals surface area contributed by atoms with Gasteiger partial charge in [-0.3, -0.25) is 14.6 Å². The van der Waals surface area contributed by atoms with Crippen LogP contribution >= 0.6 is 11.6 Å². The molecule has 0 aliphatic carbocycles. The number of nitrogens with zero attached hydrogens (tertiary/aromatic N) is 3. The molecule has 0 radical (unpaired) electrons. The Balaban J connectivity index is 0.000000522. The van der Waals surface area contributed by atoms with E-state index in [0.717, 1.165) is 31.7 Å². The Morgan fingerprint density at radius 1 is 0.816 bits per heavy atom. The Kier molecular flexibility index (Phi) is 11.9. The van der Waals surface area contributed by atoms with E-state index in [1.54, 1.807) is 58.1 Å². The molecule has 0 unspecified atom stereocenters. The summed E-state index contributed by atoms with van der Waals surface area (Å²) in [5, 5.41) is 19.1. The van der Waals surface area contributed by atoms with Gasteiger partial charge in [-0.05, 0) is 67.2 Å². The standard InChI is InChI=1S/C32H23ClN4O4.C4H10N2.CH5N/c33-26-17-21(35-30(38)24-9-3-2-8-23(24)27-10-5-6-16-34-27)12-14-25(26)31(39)37-19-22-13-15-29(32(40)41)36(22)18-20-7-1-4-11-28(20)37;1-2-6-4-3-5-1;1-2/h1-17H,18-19H2,(H,35,38)(H,40,41);5-6H,1-4H2;2H2,1H3. The van der Waals surface area contributed by atoms with E-state index >= 15 is 0 Å². The van der Waals surface area contributed by atoms with Crippen molar-refractivity contribution in [2.75, 3.05) is 43.4 Å². The summed E-state index contributed by atoms with van der Waals surface area (Å²) in [6, 6.07) is 28.1. The molecule has 12 heteroatoms. The number of amides is 2. The second-order valence-corrected chi connectivity index (χ2v) is 11.4. The molecule has 0 spiro atoms. The van der Waals surface area contributed by atoms with Crippen LogP contribution in [0.2, 0.25) is 5.02 Å². The molecule has 11 nitrogen and oxygen atoms in total. The zero-order valence-corrected chi connectivity index (χ0v) is 27.8. The van der Waals surface area contributed by atoms with Crippen molar-refractivity contribution in [1.82, 2.24) is 20.2 Å². The maximum atomic E-state index is 13.9. The number of fused-ring (bicyclic) bond motifs is 2. The van der Waals surface area contributed by atoms with Crippen LogP contribution in [-0.4, -0.2) is 65.7 Å². The van der Waals surface area contributed by atoms with Gasteiger partial charge in [-0.15, -0.1) is 0 Å². The summed E-state index contributed by atoms with van der Waals surface area (Å²) in [6.45, 7) is 5.05. The number of anilines is 2. The molecule has 6 N–H and O–H groups in total. The minimum absolute atomic E-state index is 0.159. The molecular weight excluding hydrogens is 642 g/mol. The lowest BCUT2D eigenvalue weighted by atomic mass is 10.0. The third kappa shape index (κ3) is 8.22. The SMILES string of the molecule is C1CNCCN1.CN.O=C(Nc1ccc(C(=O)N2Cc3ccc(C(=O)O)n3Cc3ccccc32)c(Cl)c1)c1ccccc1-c1ccccn1. The Labute approximate surface area is 289 Å². The Morgan fingerprint density at radius 2 is 1.51 bits per heavy atom. The van der Waals surface area contributed by atoms with Crippen LogP contribution in [-0.2, 0) is 13.1 Å². The van der Waals surface area contributed by atoms with E-state index in [4.69, 9.17) is 11.6 Å². The number of aromatic carboxylic acids is 1. The fourth-order valence-corrected chi connectivity index (χ4v) is 5.93. The van der Waals surface area contributed by atoms with Crippen molar-refractivity contribution >= 4 is 40.8 Å². The first-order chi connectivity index (χ1) is 23.9. The average Bonchev–Trinajstić information content (AvgIpc) is 3.47. The number of nitrogens with one attached hydrogen (secondary N) is 3. The lowest BCUT2D eigenvalue weighted by molar-refractivity contribution is 0.0685. The van der Waals surface area contributed by atoms with Crippen LogP contribution in [0.1, 0.15) is 42.5 Å². The normalized spacial score (nSPS) is 13.2. The van der Waals surface area contributed by atoms with Crippen LogP contribution in [0.4, 0.5) is 11.4 Å². The minimum Gasteiger partial charge on any atom is -0.477 e. The molecule has 2 aliphatic rings. The molecule has 2 aromatic heterocycles. The summed E-state index contributed by atoms with van der Waals surface area (Å²) in [4.78, 5) is 44.8. The van der Waals surface area contributed by atoms with Gasteiger partial charge in [0.15, 0.2) is 0 Å². The van der Waals surface area contributed by atoms with Gasteiger partial charge >= 0.3 is 5.97 Å². The van der Waals surface area contributed by atoms with Crippen LogP contribution < -0.4 is 26.6 Å². The maximum Gasteiger partial charge on any atom is 0.352 e. The zero-order valence-electron chi connectivity index (χ0n) is 27.0. The summed E-state index contributed by atoms with van der Waals surface area (Å²) < 4.78 is 1.71. The molecule has 1 saturated heterocycles. The number of halogens is 1. The fraction of sp³-hybridized carbons (Fsp3) is 0.189. The van der Waals surface area contributed by atoms with Gasteiger partial charge in [0, 0.05) is 60.6 Å². The number of para-hydroxylation sites is 1. The van der Waals surface area contributed by atoms with E-state index in [-0.39, 0.29) is 34.6 Å². The first-order valence-corrected chi connectivity index (χ1v) is 16.2. The number of aromatic nitrogens is 2. The Morgan fingerprint density at radius 3 is 2.18 bits per heavy atom. The van der Waals surface area contributed by atoms with Gasteiger partial charge in [-0.25, -0.2) is 4.79 Å². The molecule has 2 aliphatic heterocycles. The smallest absolute Gasteiger partial charge is 0.352 e. The predicted octanol–water partition coefficient (Wildman–Crippen LogP) is 5.12. The van der Waals surface area contributed by atoms with Crippen molar-refractivity contribution in [3.8, 4) is 11.3 Å². The summed E-state index contributed by atoms with van der Waals surface area (Å²) in [5.41, 5.74) is 9.35. The summed E-state index contributed by atoms with van der Waals surface area (Å²) in [6.07, 6.45) is 1.67. The van der Waals surface area contributed by atoms with Crippen molar-refractivity contribution in [2.45, 2.75) is 13.1 Å². The van der Waals surface area contributed by atoms with Crippen LogP contribution in [0.15, 0.2) is 103 Å². The van der Waals surface area contributed by atoms with Gasteiger partial charge in [0.2, 0.25) is 0 Å². The molecule has 0 bridgehead atoms.